The van der Waals surface area contributed by atoms with E-state index in [0.29, 0.717) is 11.4 Å². The molecule has 98 valence electrons. The highest BCUT2D eigenvalue weighted by Gasteiger charge is 2.18. The zero-order chi connectivity index (χ0) is 13.2. The molecule has 0 saturated carbocycles. The van der Waals surface area contributed by atoms with Crippen molar-refractivity contribution in [2.45, 2.75) is 19.8 Å². The maximum Gasteiger partial charge on any atom is 0.258 e. The monoisotopic (exact) mass is 257 g/mol. The molecule has 0 bridgehead atoms. The molecule has 0 unspecified atom stereocenters. The van der Waals surface area contributed by atoms with Crippen LogP contribution in [-0.2, 0) is 6.42 Å². The topological polar surface area (TPSA) is 67.2 Å². The molecule has 0 fully saturated rings. The second kappa shape index (κ2) is 4.76. The van der Waals surface area contributed by atoms with Crippen LogP contribution in [0, 0.1) is 6.92 Å². The Labute approximate surface area is 111 Å². The summed E-state index contributed by atoms with van der Waals surface area (Å²) < 4.78 is 5.00. The van der Waals surface area contributed by atoms with Gasteiger partial charge in [-0.2, -0.15) is 0 Å². The molecule has 0 aliphatic carbocycles. The van der Waals surface area contributed by atoms with Gasteiger partial charge in [0.2, 0.25) is 5.88 Å². The molecule has 5 nitrogen and oxygen atoms in total. The fourth-order valence-electron chi connectivity index (χ4n) is 2.32. The van der Waals surface area contributed by atoms with E-state index in [2.05, 4.69) is 15.8 Å². The van der Waals surface area contributed by atoms with Crippen LogP contribution in [0.1, 0.15) is 28.0 Å². The van der Waals surface area contributed by atoms with E-state index >= 15 is 0 Å². The van der Waals surface area contributed by atoms with Crippen molar-refractivity contribution in [3.8, 4) is 0 Å². The molecule has 0 saturated heterocycles. The van der Waals surface area contributed by atoms with Gasteiger partial charge < -0.3 is 9.84 Å². The number of hydrogen-bond donors (Lipinski definition) is 2. The van der Waals surface area contributed by atoms with Gasteiger partial charge >= 0.3 is 0 Å². The van der Waals surface area contributed by atoms with Crippen molar-refractivity contribution in [2.24, 2.45) is 0 Å². The largest absolute Gasteiger partial charge is 0.385 e. The molecule has 0 radical (unpaired) electrons. The van der Waals surface area contributed by atoms with Crippen molar-refractivity contribution < 1.29 is 9.32 Å². The average molecular weight is 257 g/mol. The first-order chi connectivity index (χ1) is 9.24. The summed E-state index contributed by atoms with van der Waals surface area (Å²) in [4.78, 5) is 12.3. The molecule has 1 aliphatic heterocycles. The Morgan fingerprint density at radius 2 is 2.37 bits per heavy atom. The minimum atomic E-state index is -0.156. The van der Waals surface area contributed by atoms with Crippen molar-refractivity contribution in [1.29, 1.82) is 0 Å². The minimum absolute atomic E-state index is 0.156. The smallest absolute Gasteiger partial charge is 0.258 e. The molecule has 1 aromatic carbocycles. The summed E-state index contributed by atoms with van der Waals surface area (Å²) in [6.45, 7) is 2.77. The van der Waals surface area contributed by atoms with Gasteiger partial charge in [0.15, 0.2) is 0 Å². The summed E-state index contributed by atoms with van der Waals surface area (Å²) in [6, 6.07) is 7.43. The maximum atomic E-state index is 12.3. The third-order valence-electron chi connectivity index (χ3n) is 3.20. The second-order valence-electron chi connectivity index (χ2n) is 4.65. The molecule has 0 spiro atoms. The number of benzene rings is 1. The maximum absolute atomic E-state index is 12.3. The lowest BCUT2D eigenvalue weighted by molar-refractivity contribution is 0.102. The Hall–Kier alpha value is -2.30. The average Bonchev–Trinajstić information content (AvgIpc) is 2.83. The van der Waals surface area contributed by atoms with Gasteiger partial charge in [0.05, 0.1) is 5.69 Å². The van der Waals surface area contributed by atoms with Crippen LogP contribution in [-0.4, -0.2) is 17.6 Å². The molecule has 2 heterocycles. The fraction of sp³-hybridized carbons (Fsp3) is 0.286. The number of aryl methyl sites for hydroxylation is 1. The van der Waals surface area contributed by atoms with E-state index in [4.69, 9.17) is 4.52 Å². The Bertz CT molecular complexity index is 619. The van der Waals surface area contributed by atoms with Crippen molar-refractivity contribution in [3.05, 3.63) is 41.1 Å². The minimum Gasteiger partial charge on any atom is -0.385 e. The lowest BCUT2D eigenvalue weighted by Gasteiger charge is -2.20. The normalized spacial score (nSPS) is 13.5. The number of nitrogens with one attached hydrogen (secondary N) is 2. The first kappa shape index (κ1) is 11.8. The first-order valence-electron chi connectivity index (χ1n) is 6.34. The highest BCUT2D eigenvalue weighted by Crippen LogP contribution is 2.26. The lowest BCUT2D eigenvalue weighted by atomic mass is 9.97. The number of amides is 1. The molecule has 5 heteroatoms. The number of aromatic nitrogens is 1. The molecule has 1 aliphatic rings. The van der Waals surface area contributed by atoms with E-state index in [-0.39, 0.29) is 5.91 Å². The third kappa shape index (κ3) is 2.31. The number of fused-ring (bicyclic) bond motifs is 1. The molecule has 3 rings (SSSR count). The number of rotatable bonds is 2. The van der Waals surface area contributed by atoms with E-state index in [1.807, 2.05) is 25.1 Å². The van der Waals surface area contributed by atoms with Gasteiger partial charge in [-0.1, -0.05) is 11.2 Å². The van der Waals surface area contributed by atoms with Crippen LogP contribution in [0.25, 0.3) is 0 Å². The molecule has 1 aromatic heterocycles. The zero-order valence-electron chi connectivity index (χ0n) is 10.7. The number of carbonyl (C=O) groups is 1. The summed E-state index contributed by atoms with van der Waals surface area (Å²) in [7, 11) is 0. The van der Waals surface area contributed by atoms with Gasteiger partial charge in [-0.05, 0) is 37.5 Å². The molecular formula is C14H15N3O2. The summed E-state index contributed by atoms with van der Waals surface area (Å²) >= 11 is 0. The van der Waals surface area contributed by atoms with Crippen LogP contribution < -0.4 is 10.6 Å². The molecule has 2 N–H and O–H groups in total. The molecular weight excluding hydrogens is 242 g/mol. The van der Waals surface area contributed by atoms with Crippen LogP contribution in [0.3, 0.4) is 0 Å². The Morgan fingerprint density at radius 3 is 3.16 bits per heavy atom. The van der Waals surface area contributed by atoms with Crippen molar-refractivity contribution in [1.82, 2.24) is 5.16 Å². The summed E-state index contributed by atoms with van der Waals surface area (Å²) in [5.41, 5.74) is 3.56. The second-order valence-corrected chi connectivity index (χ2v) is 4.65. The Morgan fingerprint density at radius 1 is 1.47 bits per heavy atom. The lowest BCUT2D eigenvalue weighted by Crippen LogP contribution is -2.19. The summed E-state index contributed by atoms with van der Waals surface area (Å²) in [5.74, 6) is 0.223. The van der Waals surface area contributed by atoms with Crippen LogP contribution in [0.4, 0.5) is 11.6 Å². The van der Waals surface area contributed by atoms with Gasteiger partial charge in [0, 0.05) is 23.9 Å². The van der Waals surface area contributed by atoms with Crippen LogP contribution in [0.5, 0.6) is 0 Å². The summed E-state index contributed by atoms with van der Waals surface area (Å²) in [5, 5.41) is 9.79. The Kier molecular flexibility index (Phi) is 2.95. The predicted molar refractivity (Wildman–Crippen MR) is 72.4 cm³/mol. The van der Waals surface area contributed by atoms with Gasteiger partial charge in [-0.25, -0.2) is 0 Å². The van der Waals surface area contributed by atoms with Gasteiger partial charge in [0.25, 0.3) is 5.91 Å². The van der Waals surface area contributed by atoms with Gasteiger partial charge in [-0.15, -0.1) is 0 Å². The Balaban J connectivity index is 1.87. The first-order valence-corrected chi connectivity index (χ1v) is 6.34. The third-order valence-corrected chi connectivity index (χ3v) is 3.20. The van der Waals surface area contributed by atoms with Gasteiger partial charge in [0.1, 0.15) is 0 Å². The van der Waals surface area contributed by atoms with E-state index < -0.39 is 0 Å². The van der Waals surface area contributed by atoms with E-state index in [1.165, 1.54) is 0 Å². The molecule has 0 atom stereocenters. The number of nitrogens with zero attached hydrogens (tertiary/aromatic N) is 1. The highest BCUT2D eigenvalue weighted by molar-refractivity contribution is 6.05. The highest BCUT2D eigenvalue weighted by atomic mass is 16.5. The molecule has 2 aromatic rings. The van der Waals surface area contributed by atoms with E-state index in [0.717, 1.165) is 36.3 Å². The summed E-state index contributed by atoms with van der Waals surface area (Å²) in [6.07, 6.45) is 1.96. The van der Waals surface area contributed by atoms with E-state index in [1.54, 1.807) is 6.07 Å². The van der Waals surface area contributed by atoms with Crippen LogP contribution >= 0.6 is 0 Å². The van der Waals surface area contributed by atoms with E-state index in [9.17, 15) is 4.79 Å². The van der Waals surface area contributed by atoms with Crippen LogP contribution in [0.15, 0.2) is 28.8 Å². The van der Waals surface area contributed by atoms with Crippen molar-refractivity contribution in [2.75, 3.05) is 17.2 Å². The van der Waals surface area contributed by atoms with Crippen molar-refractivity contribution in [3.63, 3.8) is 0 Å². The van der Waals surface area contributed by atoms with Crippen LogP contribution in [0.2, 0.25) is 0 Å². The zero-order valence-corrected chi connectivity index (χ0v) is 10.7. The number of hydrogen-bond acceptors (Lipinski definition) is 4. The fourth-order valence-corrected chi connectivity index (χ4v) is 2.32. The number of carbonyl (C=O) groups excluding carboxylic acids is 1. The number of anilines is 2. The molecule has 19 heavy (non-hydrogen) atoms. The standard InChI is InChI=1S/C14H15N3O2/c1-9-8-13(19-17-9)16-14(18)11-4-2-6-12-10(11)5-3-7-15-12/h2,4,6,8,15H,3,5,7H2,1H3,(H,16,18). The predicted octanol–water partition coefficient (Wildman–Crippen LogP) is 2.59. The molecule has 1 amide bonds. The van der Waals surface area contributed by atoms with Gasteiger partial charge in [-0.3, -0.25) is 10.1 Å². The quantitative estimate of drug-likeness (QED) is 0.867. The SMILES string of the molecule is Cc1cc(NC(=O)c2cccc3c2CCCN3)on1. The van der Waals surface area contributed by atoms with Crippen molar-refractivity contribution >= 4 is 17.5 Å².